The van der Waals surface area contributed by atoms with Gasteiger partial charge in [0.1, 0.15) is 6.61 Å². The van der Waals surface area contributed by atoms with Crippen LogP contribution in [0.2, 0.25) is 0 Å². The van der Waals surface area contributed by atoms with Gasteiger partial charge < -0.3 is 19.3 Å². The maximum Gasteiger partial charge on any atom is 0.253 e. The van der Waals surface area contributed by atoms with E-state index < -0.39 is 0 Å². The Morgan fingerprint density at radius 2 is 1.96 bits per heavy atom. The van der Waals surface area contributed by atoms with E-state index in [-0.39, 0.29) is 23.8 Å². The quantitative estimate of drug-likeness (QED) is 0.689. The monoisotopic (exact) mass is 374 g/mol. The normalized spacial score (nSPS) is 14.8. The number of carbonyl (C=O) groups excluding carboxylic acids is 2. The summed E-state index contributed by atoms with van der Waals surface area (Å²) in [6.45, 7) is 9.17. The maximum absolute atomic E-state index is 12.8. The number of hydrogen-bond donors (Lipinski definition) is 0. The van der Waals surface area contributed by atoms with E-state index in [1.807, 2.05) is 20.9 Å². The van der Waals surface area contributed by atoms with Crippen molar-refractivity contribution in [3.63, 3.8) is 0 Å². The first-order valence-electron chi connectivity index (χ1n) is 9.36. The van der Waals surface area contributed by atoms with E-state index >= 15 is 0 Å². The van der Waals surface area contributed by atoms with Crippen molar-refractivity contribution in [2.75, 3.05) is 33.9 Å². The van der Waals surface area contributed by atoms with E-state index in [1.54, 1.807) is 41.2 Å². The highest BCUT2D eigenvalue weighted by Gasteiger charge is 2.30. The number of methoxy groups -OCH3 is 1. The van der Waals surface area contributed by atoms with Gasteiger partial charge in [0, 0.05) is 37.7 Å². The van der Waals surface area contributed by atoms with E-state index in [1.165, 1.54) is 0 Å². The predicted octanol–water partition coefficient (Wildman–Crippen LogP) is 2.98. The summed E-state index contributed by atoms with van der Waals surface area (Å²) in [6.07, 6.45) is 3.04. The SMILES string of the molecule is C=CCOc1ccc(C(=O)N2CCC(C(=O)N(C)C(C)C)CC2)cc1OC. The van der Waals surface area contributed by atoms with Crippen LogP contribution >= 0.6 is 0 Å². The molecule has 0 aromatic heterocycles. The zero-order valence-corrected chi connectivity index (χ0v) is 16.7. The summed E-state index contributed by atoms with van der Waals surface area (Å²) >= 11 is 0. The van der Waals surface area contributed by atoms with Crippen LogP contribution in [0.15, 0.2) is 30.9 Å². The van der Waals surface area contributed by atoms with Crippen molar-refractivity contribution >= 4 is 11.8 Å². The van der Waals surface area contributed by atoms with Gasteiger partial charge in [-0.05, 0) is 44.9 Å². The van der Waals surface area contributed by atoms with Gasteiger partial charge in [-0.2, -0.15) is 0 Å². The Bertz CT molecular complexity index is 679. The van der Waals surface area contributed by atoms with Gasteiger partial charge in [-0.15, -0.1) is 0 Å². The number of piperidine rings is 1. The molecule has 2 rings (SSSR count). The van der Waals surface area contributed by atoms with E-state index in [0.29, 0.717) is 49.6 Å². The predicted molar refractivity (Wildman–Crippen MR) is 105 cm³/mol. The van der Waals surface area contributed by atoms with Gasteiger partial charge in [0.05, 0.1) is 7.11 Å². The van der Waals surface area contributed by atoms with Crippen LogP contribution in [0.25, 0.3) is 0 Å². The highest BCUT2D eigenvalue weighted by Crippen LogP contribution is 2.29. The Morgan fingerprint density at radius 1 is 1.30 bits per heavy atom. The molecule has 0 spiro atoms. The third kappa shape index (κ3) is 5.02. The van der Waals surface area contributed by atoms with Crippen LogP contribution in [0.3, 0.4) is 0 Å². The fraction of sp³-hybridized carbons (Fsp3) is 0.524. The van der Waals surface area contributed by atoms with Crippen LogP contribution in [-0.2, 0) is 4.79 Å². The van der Waals surface area contributed by atoms with E-state index in [2.05, 4.69) is 6.58 Å². The number of benzene rings is 1. The first kappa shape index (κ1) is 20.8. The lowest BCUT2D eigenvalue weighted by atomic mass is 9.94. The topological polar surface area (TPSA) is 59.1 Å². The van der Waals surface area contributed by atoms with Crippen LogP contribution in [0.5, 0.6) is 11.5 Å². The second-order valence-electron chi connectivity index (χ2n) is 7.07. The highest BCUT2D eigenvalue weighted by atomic mass is 16.5. The third-order valence-corrected chi connectivity index (χ3v) is 5.02. The molecule has 0 N–H and O–H groups in total. The van der Waals surface area contributed by atoms with Crippen LogP contribution in [0, 0.1) is 5.92 Å². The summed E-state index contributed by atoms with van der Waals surface area (Å²) < 4.78 is 10.9. The summed E-state index contributed by atoms with van der Waals surface area (Å²) in [5, 5.41) is 0. The fourth-order valence-electron chi connectivity index (χ4n) is 3.12. The van der Waals surface area contributed by atoms with Crippen molar-refractivity contribution in [3.8, 4) is 11.5 Å². The van der Waals surface area contributed by atoms with E-state index in [4.69, 9.17) is 9.47 Å². The molecule has 6 nitrogen and oxygen atoms in total. The summed E-state index contributed by atoms with van der Waals surface area (Å²) in [7, 11) is 3.39. The molecule has 0 saturated carbocycles. The average molecular weight is 374 g/mol. The molecule has 0 unspecified atom stereocenters. The van der Waals surface area contributed by atoms with Crippen molar-refractivity contribution in [2.45, 2.75) is 32.7 Å². The standard InChI is InChI=1S/C21H30N2O4/c1-6-13-27-18-8-7-17(14-19(18)26-5)21(25)23-11-9-16(10-12-23)20(24)22(4)15(2)3/h6-8,14-16H,1,9-13H2,2-5H3. The zero-order valence-electron chi connectivity index (χ0n) is 16.7. The molecular weight excluding hydrogens is 344 g/mol. The van der Waals surface area contributed by atoms with E-state index in [0.717, 1.165) is 0 Å². The fourth-order valence-corrected chi connectivity index (χ4v) is 3.12. The smallest absolute Gasteiger partial charge is 0.253 e. The summed E-state index contributed by atoms with van der Waals surface area (Å²) in [5.41, 5.74) is 0.557. The average Bonchev–Trinajstić information content (AvgIpc) is 2.70. The molecule has 2 amide bonds. The largest absolute Gasteiger partial charge is 0.493 e. The van der Waals surface area contributed by atoms with Gasteiger partial charge in [0.2, 0.25) is 5.91 Å². The molecule has 1 saturated heterocycles. The minimum absolute atomic E-state index is 0.00864. The van der Waals surface area contributed by atoms with Crippen molar-refractivity contribution < 1.29 is 19.1 Å². The number of likely N-dealkylation sites (tertiary alicyclic amines) is 1. The molecule has 1 aromatic rings. The second-order valence-corrected chi connectivity index (χ2v) is 7.07. The molecule has 1 heterocycles. The number of ether oxygens (including phenoxy) is 2. The lowest BCUT2D eigenvalue weighted by Crippen LogP contribution is -2.45. The lowest BCUT2D eigenvalue weighted by Gasteiger charge is -2.34. The van der Waals surface area contributed by atoms with Gasteiger partial charge in [0.15, 0.2) is 11.5 Å². The lowest BCUT2D eigenvalue weighted by molar-refractivity contribution is -0.137. The van der Waals surface area contributed by atoms with Gasteiger partial charge in [-0.3, -0.25) is 9.59 Å². The zero-order chi connectivity index (χ0) is 20.0. The number of amides is 2. The minimum Gasteiger partial charge on any atom is -0.493 e. The Morgan fingerprint density at radius 3 is 2.52 bits per heavy atom. The van der Waals surface area contributed by atoms with Crippen molar-refractivity contribution in [3.05, 3.63) is 36.4 Å². The molecule has 1 fully saturated rings. The molecule has 0 radical (unpaired) electrons. The Balaban J connectivity index is 2.01. The van der Waals surface area contributed by atoms with Crippen LogP contribution in [-0.4, -0.2) is 61.5 Å². The maximum atomic E-state index is 12.8. The Labute approximate surface area is 161 Å². The number of hydrogen-bond acceptors (Lipinski definition) is 4. The second kappa shape index (κ2) is 9.44. The molecule has 0 atom stereocenters. The molecule has 0 aliphatic carbocycles. The number of nitrogens with zero attached hydrogens (tertiary/aromatic N) is 2. The number of carbonyl (C=O) groups is 2. The van der Waals surface area contributed by atoms with Gasteiger partial charge in [-0.25, -0.2) is 0 Å². The molecule has 1 aromatic carbocycles. The first-order chi connectivity index (χ1) is 12.9. The van der Waals surface area contributed by atoms with Gasteiger partial charge >= 0.3 is 0 Å². The summed E-state index contributed by atoms with van der Waals surface area (Å²) in [6, 6.07) is 5.37. The van der Waals surface area contributed by atoms with Gasteiger partial charge in [-0.1, -0.05) is 12.7 Å². The summed E-state index contributed by atoms with van der Waals surface area (Å²) in [5.74, 6) is 1.21. The van der Waals surface area contributed by atoms with Crippen molar-refractivity contribution in [2.24, 2.45) is 5.92 Å². The van der Waals surface area contributed by atoms with Crippen molar-refractivity contribution in [1.82, 2.24) is 9.80 Å². The summed E-state index contributed by atoms with van der Waals surface area (Å²) in [4.78, 5) is 28.9. The van der Waals surface area contributed by atoms with Crippen LogP contribution in [0.4, 0.5) is 0 Å². The molecule has 6 heteroatoms. The van der Waals surface area contributed by atoms with Crippen molar-refractivity contribution in [1.29, 1.82) is 0 Å². The van der Waals surface area contributed by atoms with Crippen LogP contribution < -0.4 is 9.47 Å². The molecule has 148 valence electrons. The number of rotatable bonds is 7. The minimum atomic E-state index is -0.0494. The molecular formula is C21H30N2O4. The first-order valence-corrected chi connectivity index (χ1v) is 9.36. The highest BCUT2D eigenvalue weighted by molar-refractivity contribution is 5.95. The molecule has 27 heavy (non-hydrogen) atoms. The third-order valence-electron chi connectivity index (χ3n) is 5.02. The van der Waals surface area contributed by atoms with Gasteiger partial charge in [0.25, 0.3) is 5.91 Å². The molecule has 1 aliphatic heterocycles. The van der Waals surface area contributed by atoms with Crippen LogP contribution in [0.1, 0.15) is 37.0 Å². The van der Waals surface area contributed by atoms with E-state index in [9.17, 15) is 9.59 Å². The molecule has 1 aliphatic rings. The Hall–Kier alpha value is -2.50. The molecule has 0 bridgehead atoms. The Kier molecular flexibility index (Phi) is 7.28.